The van der Waals surface area contributed by atoms with Crippen molar-refractivity contribution in [2.75, 3.05) is 26.3 Å². The minimum atomic E-state index is -0.381. The predicted molar refractivity (Wildman–Crippen MR) is 68.3 cm³/mol. The second kappa shape index (κ2) is 6.52. The Morgan fingerprint density at radius 1 is 1.42 bits per heavy atom. The highest BCUT2D eigenvalue weighted by atomic mass is 19.1. The first kappa shape index (κ1) is 13.8. The van der Waals surface area contributed by atoms with Crippen LogP contribution in [-0.4, -0.2) is 42.2 Å². The first-order valence-corrected chi connectivity index (χ1v) is 6.46. The van der Waals surface area contributed by atoms with Crippen molar-refractivity contribution in [2.24, 2.45) is 5.92 Å². The van der Waals surface area contributed by atoms with Crippen molar-refractivity contribution >= 4 is 5.91 Å². The molecule has 0 radical (unpaired) electrons. The monoisotopic (exact) mass is 267 g/mol. The number of nitrogens with zero attached hydrogens (tertiary/aromatic N) is 1. The molecule has 1 aliphatic heterocycles. The van der Waals surface area contributed by atoms with E-state index in [1.807, 2.05) is 0 Å². The predicted octanol–water partition coefficient (Wildman–Crippen LogP) is 1.44. The Kier molecular flexibility index (Phi) is 4.74. The number of halogens is 1. The van der Waals surface area contributed by atoms with Gasteiger partial charge in [0.1, 0.15) is 11.6 Å². The zero-order valence-corrected chi connectivity index (χ0v) is 10.7. The highest BCUT2D eigenvalue weighted by Crippen LogP contribution is 2.17. The molecule has 1 saturated heterocycles. The van der Waals surface area contributed by atoms with Gasteiger partial charge in [0.25, 0.3) is 5.91 Å². The molecule has 0 spiro atoms. The lowest BCUT2D eigenvalue weighted by Gasteiger charge is -2.31. The minimum Gasteiger partial charge on any atom is -0.484 e. The summed E-state index contributed by atoms with van der Waals surface area (Å²) < 4.78 is 18.2. The fourth-order valence-electron chi connectivity index (χ4n) is 2.16. The molecule has 5 heteroatoms. The summed E-state index contributed by atoms with van der Waals surface area (Å²) >= 11 is 0. The van der Waals surface area contributed by atoms with Crippen LogP contribution in [0.3, 0.4) is 0 Å². The van der Waals surface area contributed by atoms with Gasteiger partial charge >= 0.3 is 0 Å². The minimum absolute atomic E-state index is 0.0761. The van der Waals surface area contributed by atoms with Crippen LogP contribution in [0.25, 0.3) is 0 Å². The molecule has 0 saturated carbocycles. The van der Waals surface area contributed by atoms with E-state index in [-0.39, 0.29) is 24.9 Å². The van der Waals surface area contributed by atoms with Gasteiger partial charge in [0.05, 0.1) is 0 Å². The molecule has 1 aromatic carbocycles. The summed E-state index contributed by atoms with van der Waals surface area (Å²) in [5.41, 5.74) is 0. The normalized spacial score (nSPS) is 16.4. The molecule has 0 aromatic heterocycles. The van der Waals surface area contributed by atoms with Gasteiger partial charge in [0.2, 0.25) is 0 Å². The summed E-state index contributed by atoms with van der Waals surface area (Å²) in [5, 5.41) is 9.03. The quantitative estimate of drug-likeness (QED) is 0.898. The number of aliphatic hydroxyl groups is 1. The van der Waals surface area contributed by atoms with E-state index >= 15 is 0 Å². The lowest BCUT2D eigenvalue weighted by molar-refractivity contribution is -0.135. The molecule has 1 amide bonds. The summed E-state index contributed by atoms with van der Waals surface area (Å²) in [6, 6.07) is 5.75. The number of carbonyl (C=O) groups is 1. The van der Waals surface area contributed by atoms with Crippen molar-refractivity contribution < 1.29 is 19.0 Å². The van der Waals surface area contributed by atoms with Gasteiger partial charge in [-0.15, -0.1) is 0 Å². The van der Waals surface area contributed by atoms with Gasteiger partial charge in [-0.1, -0.05) is 6.07 Å². The van der Waals surface area contributed by atoms with Gasteiger partial charge in [0.15, 0.2) is 6.61 Å². The van der Waals surface area contributed by atoms with E-state index in [0.717, 1.165) is 12.8 Å². The highest BCUT2D eigenvalue weighted by Gasteiger charge is 2.22. The van der Waals surface area contributed by atoms with E-state index in [4.69, 9.17) is 9.84 Å². The Labute approximate surface area is 111 Å². The molecule has 1 N–H and O–H groups in total. The number of hydrogen-bond acceptors (Lipinski definition) is 3. The van der Waals surface area contributed by atoms with E-state index in [9.17, 15) is 9.18 Å². The zero-order chi connectivity index (χ0) is 13.7. The molecule has 1 aliphatic rings. The van der Waals surface area contributed by atoms with Crippen LogP contribution in [0.5, 0.6) is 5.75 Å². The molecule has 2 rings (SSSR count). The van der Waals surface area contributed by atoms with E-state index in [2.05, 4.69) is 0 Å². The molecule has 0 aliphatic carbocycles. The maximum absolute atomic E-state index is 12.9. The van der Waals surface area contributed by atoms with E-state index in [1.54, 1.807) is 17.0 Å². The highest BCUT2D eigenvalue weighted by molar-refractivity contribution is 5.77. The Balaban J connectivity index is 1.79. The third kappa shape index (κ3) is 3.92. The standard InChI is InChI=1S/C14H18FNO3/c15-12-2-1-3-13(8-12)19-10-14(18)16-6-4-11(9-17)5-7-16/h1-3,8,11,17H,4-7,9-10H2. The Morgan fingerprint density at radius 3 is 2.79 bits per heavy atom. The fourth-order valence-corrected chi connectivity index (χ4v) is 2.16. The molecule has 0 bridgehead atoms. The molecule has 0 unspecified atom stereocenters. The van der Waals surface area contributed by atoms with Crippen molar-refractivity contribution in [3.63, 3.8) is 0 Å². The maximum atomic E-state index is 12.9. The Hall–Kier alpha value is -1.62. The van der Waals surface area contributed by atoms with E-state index in [1.165, 1.54) is 12.1 Å². The number of ether oxygens (including phenoxy) is 1. The number of aliphatic hydroxyl groups excluding tert-OH is 1. The van der Waals surface area contributed by atoms with Crippen LogP contribution in [-0.2, 0) is 4.79 Å². The van der Waals surface area contributed by atoms with Crippen LogP contribution >= 0.6 is 0 Å². The molecular weight excluding hydrogens is 249 g/mol. The zero-order valence-electron chi connectivity index (χ0n) is 10.7. The molecule has 1 aromatic rings. The molecule has 0 atom stereocenters. The first-order chi connectivity index (χ1) is 9.19. The number of likely N-dealkylation sites (tertiary alicyclic amines) is 1. The van der Waals surface area contributed by atoms with Crippen molar-refractivity contribution in [2.45, 2.75) is 12.8 Å². The Bertz CT molecular complexity index is 430. The van der Waals surface area contributed by atoms with Crippen LogP contribution in [0, 0.1) is 11.7 Å². The van der Waals surface area contributed by atoms with E-state index < -0.39 is 0 Å². The second-order valence-corrected chi connectivity index (χ2v) is 4.75. The molecule has 1 fully saturated rings. The van der Waals surface area contributed by atoms with Crippen LogP contribution < -0.4 is 4.74 Å². The van der Waals surface area contributed by atoms with E-state index in [0.29, 0.717) is 24.8 Å². The van der Waals surface area contributed by atoms with Gasteiger partial charge in [-0.25, -0.2) is 4.39 Å². The van der Waals surface area contributed by atoms with Gasteiger partial charge < -0.3 is 14.7 Å². The van der Waals surface area contributed by atoms with Crippen molar-refractivity contribution in [3.05, 3.63) is 30.1 Å². The second-order valence-electron chi connectivity index (χ2n) is 4.75. The van der Waals surface area contributed by atoms with Gasteiger partial charge in [-0.2, -0.15) is 0 Å². The van der Waals surface area contributed by atoms with Crippen LogP contribution in [0.2, 0.25) is 0 Å². The smallest absolute Gasteiger partial charge is 0.260 e. The van der Waals surface area contributed by atoms with Crippen molar-refractivity contribution in [1.82, 2.24) is 4.90 Å². The number of hydrogen-bond donors (Lipinski definition) is 1. The van der Waals surface area contributed by atoms with Crippen LogP contribution in [0.4, 0.5) is 4.39 Å². The van der Waals surface area contributed by atoms with Gasteiger partial charge in [-0.05, 0) is 30.9 Å². The molecule has 19 heavy (non-hydrogen) atoms. The van der Waals surface area contributed by atoms with Crippen molar-refractivity contribution in [1.29, 1.82) is 0 Å². The maximum Gasteiger partial charge on any atom is 0.260 e. The average Bonchev–Trinajstić information content (AvgIpc) is 2.45. The summed E-state index contributed by atoms with van der Waals surface area (Å²) in [6.45, 7) is 1.40. The van der Waals surface area contributed by atoms with Crippen LogP contribution in [0.1, 0.15) is 12.8 Å². The molecule has 4 nitrogen and oxygen atoms in total. The number of rotatable bonds is 4. The third-order valence-corrected chi connectivity index (χ3v) is 3.38. The molecular formula is C14H18FNO3. The van der Waals surface area contributed by atoms with Crippen molar-refractivity contribution in [3.8, 4) is 5.75 Å². The fraction of sp³-hybridized carbons (Fsp3) is 0.500. The summed E-state index contributed by atoms with van der Waals surface area (Å²) in [5.74, 6) is 0.182. The number of benzene rings is 1. The number of carbonyl (C=O) groups excluding carboxylic acids is 1. The molecule has 104 valence electrons. The Morgan fingerprint density at radius 2 is 2.16 bits per heavy atom. The number of piperidine rings is 1. The largest absolute Gasteiger partial charge is 0.484 e. The summed E-state index contributed by atoms with van der Waals surface area (Å²) in [7, 11) is 0. The SMILES string of the molecule is O=C(COc1cccc(F)c1)N1CCC(CO)CC1. The van der Waals surface area contributed by atoms with Crippen LogP contribution in [0.15, 0.2) is 24.3 Å². The topological polar surface area (TPSA) is 49.8 Å². The summed E-state index contributed by atoms with van der Waals surface area (Å²) in [4.78, 5) is 13.6. The lowest BCUT2D eigenvalue weighted by Crippen LogP contribution is -2.41. The van der Waals surface area contributed by atoms with Gasteiger partial charge in [-0.3, -0.25) is 4.79 Å². The molecule has 1 heterocycles. The lowest BCUT2D eigenvalue weighted by atomic mass is 9.98. The van der Waals surface area contributed by atoms with Gasteiger partial charge in [0, 0.05) is 25.8 Å². The first-order valence-electron chi connectivity index (χ1n) is 6.46. The summed E-state index contributed by atoms with van der Waals surface area (Å²) in [6.07, 6.45) is 1.64. The average molecular weight is 267 g/mol. The third-order valence-electron chi connectivity index (χ3n) is 3.38. The number of amides is 1.